The predicted octanol–water partition coefficient (Wildman–Crippen LogP) is 2.57. The van der Waals surface area contributed by atoms with Crippen LogP contribution in [-0.4, -0.2) is 46.9 Å². The Morgan fingerprint density at radius 2 is 1.89 bits per heavy atom. The van der Waals surface area contributed by atoms with E-state index in [2.05, 4.69) is 10.6 Å². The molecule has 0 spiro atoms. The lowest BCUT2D eigenvalue weighted by Crippen LogP contribution is -2.48. The summed E-state index contributed by atoms with van der Waals surface area (Å²) in [5.74, 6) is 2.78. The number of carbonyl (C=O) groups excluding carboxylic acids is 1. The minimum Gasteiger partial charge on any atom is -0.496 e. The van der Waals surface area contributed by atoms with Gasteiger partial charge in [-0.1, -0.05) is 12.8 Å². The van der Waals surface area contributed by atoms with Gasteiger partial charge < -0.3 is 24.8 Å². The van der Waals surface area contributed by atoms with Gasteiger partial charge in [-0.3, -0.25) is 4.79 Å². The Bertz CT molecular complexity index is 630. The molecule has 1 saturated carbocycles. The largest absolute Gasteiger partial charge is 0.496 e. The molecule has 1 amide bonds. The maximum Gasteiger partial charge on any atom is 0.227 e. The fourth-order valence-electron chi connectivity index (χ4n) is 4.49. The molecule has 0 radical (unpaired) electrons. The zero-order chi connectivity index (χ0) is 18.6. The van der Waals surface area contributed by atoms with Crippen molar-refractivity contribution in [2.45, 2.75) is 32.1 Å². The lowest BCUT2D eigenvalue weighted by atomic mass is 9.67. The van der Waals surface area contributed by atoms with Gasteiger partial charge in [0.2, 0.25) is 5.91 Å². The number of rotatable bonds is 7. The van der Waals surface area contributed by atoms with E-state index in [0.29, 0.717) is 36.1 Å². The minimum atomic E-state index is -0.216. The molecule has 27 heavy (non-hydrogen) atoms. The first-order valence-electron chi connectivity index (χ1n) is 9.42. The molecule has 2 N–H and O–H groups in total. The summed E-state index contributed by atoms with van der Waals surface area (Å²) < 4.78 is 16.3. The molecule has 2 aliphatic rings. The van der Waals surface area contributed by atoms with Gasteiger partial charge in [-0.2, -0.15) is 0 Å². The maximum atomic E-state index is 13.0. The highest BCUT2D eigenvalue weighted by Crippen LogP contribution is 2.44. The number of benzene rings is 1. The Labute approximate surface area is 167 Å². The molecule has 6 nitrogen and oxygen atoms in total. The maximum absolute atomic E-state index is 13.0. The van der Waals surface area contributed by atoms with Gasteiger partial charge >= 0.3 is 0 Å². The lowest BCUT2D eigenvalue weighted by Gasteiger charge is -2.37. The third-order valence-electron chi connectivity index (χ3n) is 5.97. The summed E-state index contributed by atoms with van der Waals surface area (Å²) in [6.45, 7) is 2.33. The van der Waals surface area contributed by atoms with Crippen LogP contribution in [-0.2, 0) is 11.2 Å². The summed E-state index contributed by atoms with van der Waals surface area (Å²) in [6.07, 6.45) is 5.18. The second kappa shape index (κ2) is 9.51. The first kappa shape index (κ1) is 21.6. The Morgan fingerprint density at radius 1 is 1.19 bits per heavy atom. The third-order valence-corrected chi connectivity index (χ3v) is 5.97. The van der Waals surface area contributed by atoms with Crippen LogP contribution in [0.2, 0.25) is 0 Å². The normalized spacial score (nSPS) is 23.7. The van der Waals surface area contributed by atoms with Crippen LogP contribution >= 0.6 is 12.4 Å². The molecule has 2 atom stereocenters. The summed E-state index contributed by atoms with van der Waals surface area (Å²) >= 11 is 0. The van der Waals surface area contributed by atoms with Crippen molar-refractivity contribution in [1.29, 1.82) is 0 Å². The number of methoxy groups -OCH3 is 3. The monoisotopic (exact) mass is 398 g/mol. The van der Waals surface area contributed by atoms with Gasteiger partial charge in [-0.05, 0) is 31.7 Å². The van der Waals surface area contributed by atoms with Gasteiger partial charge in [0.05, 0.1) is 26.7 Å². The molecule has 1 aromatic rings. The molecular weight excluding hydrogens is 368 g/mol. The molecule has 1 aromatic carbocycles. The topological polar surface area (TPSA) is 68.8 Å². The van der Waals surface area contributed by atoms with Crippen molar-refractivity contribution in [2.24, 2.45) is 11.3 Å². The van der Waals surface area contributed by atoms with Crippen LogP contribution < -0.4 is 24.8 Å². The van der Waals surface area contributed by atoms with Crippen molar-refractivity contribution < 1.29 is 19.0 Å². The van der Waals surface area contributed by atoms with Gasteiger partial charge in [0.15, 0.2) is 0 Å². The van der Waals surface area contributed by atoms with E-state index in [9.17, 15) is 4.79 Å². The summed E-state index contributed by atoms with van der Waals surface area (Å²) in [4.78, 5) is 13.0. The number of hydrogen-bond acceptors (Lipinski definition) is 5. The van der Waals surface area contributed by atoms with Crippen LogP contribution in [0.15, 0.2) is 12.1 Å². The predicted molar refractivity (Wildman–Crippen MR) is 107 cm³/mol. The second-order valence-electron chi connectivity index (χ2n) is 7.25. The zero-order valence-electron chi connectivity index (χ0n) is 16.4. The van der Waals surface area contributed by atoms with E-state index in [1.54, 1.807) is 21.3 Å². The molecule has 0 bridgehead atoms. The summed E-state index contributed by atoms with van der Waals surface area (Å²) in [6, 6.07) is 3.69. The third kappa shape index (κ3) is 4.27. The first-order chi connectivity index (χ1) is 12.6. The molecule has 1 saturated heterocycles. The summed E-state index contributed by atoms with van der Waals surface area (Å²) in [5.41, 5.74) is 0.727. The number of hydrogen-bond donors (Lipinski definition) is 2. The number of carbonyl (C=O) groups is 1. The fraction of sp³-hybridized carbons (Fsp3) is 0.650. The second-order valence-corrected chi connectivity index (χ2v) is 7.25. The van der Waals surface area contributed by atoms with Crippen LogP contribution in [0.4, 0.5) is 0 Å². The zero-order valence-corrected chi connectivity index (χ0v) is 17.2. The Morgan fingerprint density at radius 3 is 2.52 bits per heavy atom. The van der Waals surface area contributed by atoms with E-state index in [1.165, 1.54) is 6.42 Å². The molecule has 1 aliphatic carbocycles. The van der Waals surface area contributed by atoms with Crippen LogP contribution in [0, 0.1) is 11.3 Å². The van der Waals surface area contributed by atoms with Crippen LogP contribution in [0.3, 0.4) is 0 Å². The molecule has 1 aliphatic heterocycles. The first-order valence-corrected chi connectivity index (χ1v) is 9.42. The van der Waals surface area contributed by atoms with Crippen molar-refractivity contribution in [3.05, 3.63) is 17.7 Å². The highest BCUT2D eigenvalue weighted by Gasteiger charge is 2.49. The number of fused-ring (bicyclic) bond motifs is 1. The Kier molecular flexibility index (Phi) is 7.62. The molecule has 2 fully saturated rings. The molecule has 7 heteroatoms. The van der Waals surface area contributed by atoms with Crippen LogP contribution in [0.25, 0.3) is 0 Å². The standard InChI is InChI=1S/C20H30N2O4.ClH/c1-24-15-10-17(25-2)16(18(11-15)26-3)7-9-22-19(23)20-8-5-4-6-14(20)12-21-13-20;/h10-11,14,21H,4-9,12-13H2,1-3H3,(H,22,23);1H/t14-,20+;/m0./s1. The van der Waals surface area contributed by atoms with E-state index in [0.717, 1.165) is 37.9 Å². The average Bonchev–Trinajstić information content (AvgIpc) is 3.13. The molecule has 0 aromatic heterocycles. The van der Waals surface area contributed by atoms with Crippen molar-refractivity contribution in [3.63, 3.8) is 0 Å². The SMILES string of the molecule is COc1cc(OC)c(CCNC(=O)[C@@]23CCCC[C@H]2CNC3)c(OC)c1.Cl. The van der Waals surface area contributed by atoms with Crippen molar-refractivity contribution in [1.82, 2.24) is 10.6 Å². The van der Waals surface area contributed by atoms with E-state index in [-0.39, 0.29) is 23.7 Å². The molecule has 3 rings (SSSR count). The van der Waals surface area contributed by atoms with Gasteiger partial charge in [-0.15, -0.1) is 12.4 Å². The van der Waals surface area contributed by atoms with Crippen LogP contribution in [0.5, 0.6) is 17.2 Å². The average molecular weight is 399 g/mol. The van der Waals surface area contributed by atoms with Crippen molar-refractivity contribution in [2.75, 3.05) is 41.0 Å². The van der Waals surface area contributed by atoms with Crippen LogP contribution in [0.1, 0.15) is 31.2 Å². The molecular formula is C20H31ClN2O4. The molecule has 0 unspecified atom stereocenters. The van der Waals surface area contributed by atoms with Crippen molar-refractivity contribution >= 4 is 18.3 Å². The van der Waals surface area contributed by atoms with Crippen molar-refractivity contribution in [3.8, 4) is 17.2 Å². The van der Waals surface area contributed by atoms with Gasteiger partial charge in [0, 0.05) is 30.8 Å². The fourth-order valence-corrected chi connectivity index (χ4v) is 4.49. The minimum absolute atomic E-state index is 0. The summed E-state index contributed by atoms with van der Waals surface area (Å²) in [5, 5.41) is 6.60. The molecule has 152 valence electrons. The van der Waals surface area contributed by atoms with Gasteiger partial charge in [0.25, 0.3) is 0 Å². The Hall–Kier alpha value is -1.66. The number of nitrogens with one attached hydrogen (secondary N) is 2. The quantitative estimate of drug-likeness (QED) is 0.738. The Balaban J connectivity index is 0.00000261. The van der Waals surface area contributed by atoms with Gasteiger partial charge in [0.1, 0.15) is 17.2 Å². The lowest BCUT2D eigenvalue weighted by molar-refractivity contribution is -0.133. The number of amides is 1. The molecule has 1 heterocycles. The van der Waals surface area contributed by atoms with Gasteiger partial charge in [-0.25, -0.2) is 0 Å². The number of ether oxygens (including phenoxy) is 3. The van der Waals surface area contributed by atoms with E-state index in [4.69, 9.17) is 14.2 Å². The van der Waals surface area contributed by atoms with E-state index in [1.807, 2.05) is 12.1 Å². The van der Waals surface area contributed by atoms with E-state index >= 15 is 0 Å². The highest BCUT2D eigenvalue weighted by atomic mass is 35.5. The highest BCUT2D eigenvalue weighted by molar-refractivity contribution is 5.85. The smallest absolute Gasteiger partial charge is 0.227 e. The van der Waals surface area contributed by atoms with E-state index < -0.39 is 0 Å². The number of halogens is 1. The summed E-state index contributed by atoms with van der Waals surface area (Å²) in [7, 11) is 4.88.